The van der Waals surface area contributed by atoms with Gasteiger partial charge in [-0.05, 0) is 0 Å². The first-order valence-corrected chi connectivity index (χ1v) is 7.45. The van der Waals surface area contributed by atoms with E-state index in [0.29, 0.717) is 30.5 Å². The third kappa shape index (κ3) is 3.41. The van der Waals surface area contributed by atoms with Crippen molar-refractivity contribution in [2.75, 3.05) is 20.2 Å². The van der Waals surface area contributed by atoms with Crippen molar-refractivity contribution >= 4 is 5.91 Å². The molecule has 0 spiro atoms. The van der Waals surface area contributed by atoms with E-state index in [1.54, 1.807) is 36.6 Å². The quantitative estimate of drug-likeness (QED) is 0.833. The van der Waals surface area contributed by atoms with Gasteiger partial charge < -0.3 is 18.9 Å². The molecule has 1 aliphatic rings. The summed E-state index contributed by atoms with van der Waals surface area (Å²) in [6.45, 7) is 1.29. The Bertz CT molecular complexity index is 662. The Morgan fingerprint density at radius 2 is 1.91 bits per heavy atom. The Kier molecular flexibility index (Phi) is 4.40. The second-order valence-corrected chi connectivity index (χ2v) is 5.40. The number of aryl methyl sites for hydroxylation is 1. The molecule has 0 aliphatic carbocycles. The molecule has 0 aromatic carbocycles. The Morgan fingerprint density at radius 3 is 2.48 bits per heavy atom. The molecule has 1 amide bonds. The summed E-state index contributed by atoms with van der Waals surface area (Å²) in [6.07, 6.45) is 7.88. The highest BCUT2D eigenvalue weighted by atomic mass is 16.5. The lowest BCUT2D eigenvalue weighted by atomic mass is 10.1. The van der Waals surface area contributed by atoms with Crippen molar-refractivity contribution in [2.24, 2.45) is 7.05 Å². The maximum Gasteiger partial charge on any atom is 0.316 e. The summed E-state index contributed by atoms with van der Waals surface area (Å²) in [7, 11) is 3.38. The number of carbonyl (C=O) groups excluding carboxylic acids is 1. The summed E-state index contributed by atoms with van der Waals surface area (Å²) in [5.74, 6) is 0.595. The van der Waals surface area contributed by atoms with Crippen molar-refractivity contribution in [3.63, 3.8) is 0 Å². The van der Waals surface area contributed by atoms with Crippen LogP contribution in [0.15, 0.2) is 24.9 Å². The summed E-state index contributed by atoms with van der Waals surface area (Å²) < 4.78 is 12.5. The molecule has 23 heavy (non-hydrogen) atoms. The normalized spacial score (nSPS) is 15.5. The van der Waals surface area contributed by atoms with Gasteiger partial charge in [0, 0.05) is 33.0 Å². The minimum absolute atomic E-state index is 0.00384. The van der Waals surface area contributed by atoms with E-state index in [1.807, 2.05) is 11.9 Å². The van der Waals surface area contributed by atoms with Gasteiger partial charge in [-0.15, -0.1) is 0 Å². The van der Waals surface area contributed by atoms with Gasteiger partial charge in [0.25, 0.3) is 5.91 Å². The Labute approximate surface area is 134 Å². The molecule has 3 rings (SSSR count). The van der Waals surface area contributed by atoms with Crippen molar-refractivity contribution in [1.29, 1.82) is 0 Å². The predicted octanol–water partition coefficient (Wildman–Crippen LogP) is 0.902. The minimum atomic E-state index is 0.00384. The summed E-state index contributed by atoms with van der Waals surface area (Å²) >= 11 is 0. The van der Waals surface area contributed by atoms with Crippen molar-refractivity contribution in [2.45, 2.75) is 18.9 Å². The van der Waals surface area contributed by atoms with Gasteiger partial charge in [0.05, 0.1) is 32.0 Å². The van der Waals surface area contributed by atoms with Crippen LogP contribution >= 0.6 is 0 Å². The fourth-order valence-corrected chi connectivity index (χ4v) is 2.52. The molecule has 8 heteroatoms. The predicted molar refractivity (Wildman–Crippen MR) is 81.3 cm³/mol. The maximum absolute atomic E-state index is 12.4. The zero-order chi connectivity index (χ0) is 16.2. The summed E-state index contributed by atoms with van der Waals surface area (Å²) in [4.78, 5) is 26.4. The van der Waals surface area contributed by atoms with Crippen LogP contribution < -0.4 is 9.47 Å². The smallest absolute Gasteiger partial charge is 0.316 e. The monoisotopic (exact) mass is 317 g/mol. The van der Waals surface area contributed by atoms with Crippen LogP contribution in [0.2, 0.25) is 0 Å². The average molecular weight is 317 g/mol. The third-order valence-corrected chi connectivity index (χ3v) is 3.88. The minimum Gasteiger partial charge on any atom is -0.494 e. The molecule has 0 bridgehead atoms. The molecule has 1 aliphatic heterocycles. The van der Waals surface area contributed by atoms with E-state index in [9.17, 15) is 4.79 Å². The fourth-order valence-electron chi connectivity index (χ4n) is 2.52. The first-order valence-electron chi connectivity index (χ1n) is 7.45. The van der Waals surface area contributed by atoms with Crippen molar-refractivity contribution < 1.29 is 14.3 Å². The number of methoxy groups -OCH3 is 1. The lowest BCUT2D eigenvalue weighted by Crippen LogP contribution is -2.42. The number of nitrogens with zero attached hydrogens (tertiary/aromatic N) is 5. The van der Waals surface area contributed by atoms with E-state index in [2.05, 4.69) is 15.0 Å². The second kappa shape index (κ2) is 6.64. The van der Waals surface area contributed by atoms with Crippen LogP contribution in [0.4, 0.5) is 0 Å². The Hall–Kier alpha value is -2.64. The standard InChI is InChI=1S/C15H19N5O3/c1-19-10-16-9-13(19)14(21)20-5-3-11(4-6-20)23-15-17-7-12(22-2)8-18-15/h7-11H,3-6H2,1-2H3. The van der Waals surface area contributed by atoms with Gasteiger partial charge in [0.2, 0.25) is 0 Å². The molecule has 2 aromatic rings. The van der Waals surface area contributed by atoms with Crippen LogP contribution in [0.25, 0.3) is 0 Å². The summed E-state index contributed by atoms with van der Waals surface area (Å²) in [5.41, 5.74) is 0.600. The number of likely N-dealkylation sites (tertiary alicyclic amines) is 1. The number of ether oxygens (including phenoxy) is 2. The van der Waals surface area contributed by atoms with Crippen LogP contribution in [0.5, 0.6) is 11.8 Å². The maximum atomic E-state index is 12.4. The van der Waals surface area contributed by atoms with Crippen LogP contribution in [0.3, 0.4) is 0 Å². The first kappa shape index (κ1) is 15.3. The van der Waals surface area contributed by atoms with E-state index in [4.69, 9.17) is 9.47 Å². The van der Waals surface area contributed by atoms with Gasteiger partial charge in [0.15, 0.2) is 5.75 Å². The number of imidazole rings is 1. The van der Waals surface area contributed by atoms with Gasteiger partial charge in [-0.25, -0.2) is 4.98 Å². The first-order chi connectivity index (χ1) is 11.2. The molecule has 8 nitrogen and oxygen atoms in total. The van der Waals surface area contributed by atoms with Gasteiger partial charge in [-0.2, -0.15) is 9.97 Å². The molecular weight excluding hydrogens is 298 g/mol. The number of aromatic nitrogens is 4. The van der Waals surface area contributed by atoms with Gasteiger partial charge in [-0.3, -0.25) is 4.79 Å². The molecule has 0 saturated carbocycles. The van der Waals surface area contributed by atoms with E-state index < -0.39 is 0 Å². The highest BCUT2D eigenvalue weighted by Crippen LogP contribution is 2.18. The number of carbonyl (C=O) groups is 1. The molecule has 0 atom stereocenters. The molecule has 1 fully saturated rings. The van der Waals surface area contributed by atoms with E-state index in [0.717, 1.165) is 12.8 Å². The lowest BCUT2D eigenvalue weighted by molar-refractivity contribution is 0.0570. The Morgan fingerprint density at radius 1 is 1.22 bits per heavy atom. The van der Waals surface area contributed by atoms with Crippen molar-refractivity contribution in [3.8, 4) is 11.8 Å². The van der Waals surface area contributed by atoms with E-state index in [-0.39, 0.29) is 12.0 Å². The number of hydrogen-bond donors (Lipinski definition) is 0. The molecule has 0 radical (unpaired) electrons. The molecule has 0 unspecified atom stereocenters. The van der Waals surface area contributed by atoms with Gasteiger partial charge >= 0.3 is 6.01 Å². The lowest BCUT2D eigenvalue weighted by Gasteiger charge is -2.31. The number of rotatable bonds is 4. The highest BCUT2D eigenvalue weighted by Gasteiger charge is 2.26. The molecule has 0 N–H and O–H groups in total. The van der Waals surface area contributed by atoms with Crippen LogP contribution in [-0.2, 0) is 7.05 Å². The van der Waals surface area contributed by atoms with Gasteiger partial charge in [-0.1, -0.05) is 0 Å². The molecular formula is C15H19N5O3. The van der Waals surface area contributed by atoms with Gasteiger partial charge in [0.1, 0.15) is 11.8 Å². The fraction of sp³-hybridized carbons (Fsp3) is 0.467. The van der Waals surface area contributed by atoms with Crippen LogP contribution in [-0.4, -0.2) is 56.6 Å². The highest BCUT2D eigenvalue weighted by molar-refractivity contribution is 5.92. The molecule has 2 aromatic heterocycles. The summed E-state index contributed by atoms with van der Waals surface area (Å²) in [5, 5.41) is 0. The largest absolute Gasteiger partial charge is 0.494 e. The van der Waals surface area contributed by atoms with Crippen LogP contribution in [0, 0.1) is 0 Å². The van der Waals surface area contributed by atoms with Crippen LogP contribution in [0.1, 0.15) is 23.3 Å². The number of hydrogen-bond acceptors (Lipinski definition) is 6. The zero-order valence-electron chi connectivity index (χ0n) is 13.2. The molecule has 1 saturated heterocycles. The topological polar surface area (TPSA) is 82.4 Å². The van der Waals surface area contributed by atoms with Crippen molar-refractivity contribution in [1.82, 2.24) is 24.4 Å². The molecule has 122 valence electrons. The van der Waals surface area contributed by atoms with Crippen molar-refractivity contribution in [3.05, 3.63) is 30.6 Å². The SMILES string of the molecule is COc1cnc(OC2CCN(C(=O)c3cncn3C)CC2)nc1. The number of amides is 1. The molecule has 3 heterocycles. The van der Waals surface area contributed by atoms with E-state index in [1.165, 1.54) is 0 Å². The summed E-state index contributed by atoms with van der Waals surface area (Å²) in [6, 6.07) is 0.335. The Balaban J connectivity index is 1.54. The second-order valence-electron chi connectivity index (χ2n) is 5.40. The third-order valence-electron chi connectivity index (χ3n) is 3.88. The van der Waals surface area contributed by atoms with E-state index >= 15 is 0 Å². The zero-order valence-corrected chi connectivity index (χ0v) is 13.2. The number of piperidine rings is 1. The average Bonchev–Trinajstić information content (AvgIpc) is 3.02.